The van der Waals surface area contributed by atoms with Gasteiger partial charge in [0, 0.05) is 0 Å². The molecular weight excluding hydrogens is 308 g/mol. The molecule has 1 aromatic rings. The van der Waals surface area contributed by atoms with E-state index >= 15 is 0 Å². The fourth-order valence-corrected chi connectivity index (χ4v) is 5.05. The highest BCUT2D eigenvalue weighted by Crippen LogP contribution is 2.23. The summed E-state index contributed by atoms with van der Waals surface area (Å²) in [6.07, 6.45) is -0.604. The molecule has 1 heterocycles. The summed E-state index contributed by atoms with van der Waals surface area (Å²) in [5.74, 6) is -0.585. The Morgan fingerprint density at radius 1 is 1.24 bits per heavy atom. The van der Waals surface area contributed by atoms with Gasteiger partial charge in [-0.25, -0.2) is 13.2 Å². The molecule has 0 unspecified atom stereocenters. The van der Waals surface area contributed by atoms with E-state index in [9.17, 15) is 13.2 Å². The maximum absolute atomic E-state index is 11.7. The van der Waals surface area contributed by atoms with Crippen molar-refractivity contribution in [3.8, 4) is 0 Å². The average molecular weight is 319 g/mol. The van der Waals surface area contributed by atoms with Crippen LogP contribution in [0.4, 0.5) is 0 Å². The van der Waals surface area contributed by atoms with Crippen LogP contribution in [0.2, 0.25) is 0 Å². The third-order valence-corrected chi connectivity index (χ3v) is 5.55. The molecule has 0 spiro atoms. The third-order valence-electron chi connectivity index (χ3n) is 2.50. The highest BCUT2D eigenvalue weighted by atomic mass is 79.9. The minimum absolute atomic E-state index is 0.0136. The molecular formula is C11H11BrO4S. The number of halogens is 1. The lowest BCUT2D eigenvalue weighted by Gasteiger charge is -2.13. The second-order valence-corrected chi connectivity index (χ2v) is 7.23. The zero-order valence-electron chi connectivity index (χ0n) is 8.87. The SMILES string of the molecule is O=C(O[C@H]1CS(=O)(=O)C[C@H]1Br)c1ccccc1. The molecule has 1 saturated heterocycles. The first-order chi connectivity index (χ1) is 7.98. The van der Waals surface area contributed by atoms with Crippen molar-refractivity contribution < 1.29 is 17.9 Å². The van der Waals surface area contributed by atoms with Gasteiger partial charge in [-0.05, 0) is 12.1 Å². The van der Waals surface area contributed by atoms with Crippen molar-refractivity contribution in [2.75, 3.05) is 11.5 Å². The molecule has 0 saturated carbocycles. The average Bonchev–Trinajstić information content (AvgIpc) is 2.53. The first-order valence-electron chi connectivity index (χ1n) is 5.08. The monoisotopic (exact) mass is 318 g/mol. The van der Waals surface area contributed by atoms with Crippen LogP contribution in [-0.4, -0.2) is 36.8 Å². The van der Waals surface area contributed by atoms with Gasteiger partial charge in [-0.15, -0.1) is 0 Å². The standard InChI is InChI=1S/C11H11BrO4S/c12-9-6-17(14,15)7-10(9)16-11(13)8-4-2-1-3-5-8/h1-5,9-10H,6-7H2/t9-,10+/m1/s1. The van der Waals surface area contributed by atoms with Crippen molar-refractivity contribution in [3.05, 3.63) is 35.9 Å². The Morgan fingerprint density at radius 2 is 1.88 bits per heavy atom. The van der Waals surface area contributed by atoms with Gasteiger partial charge in [-0.2, -0.15) is 0 Å². The highest BCUT2D eigenvalue weighted by Gasteiger charge is 2.38. The largest absolute Gasteiger partial charge is 0.456 e. The summed E-state index contributed by atoms with van der Waals surface area (Å²) in [5.41, 5.74) is 0.427. The molecule has 0 aliphatic carbocycles. The van der Waals surface area contributed by atoms with Crippen molar-refractivity contribution >= 4 is 31.7 Å². The minimum Gasteiger partial charge on any atom is -0.456 e. The van der Waals surface area contributed by atoms with Gasteiger partial charge in [0.2, 0.25) is 0 Å². The molecule has 17 heavy (non-hydrogen) atoms. The Morgan fingerprint density at radius 3 is 2.41 bits per heavy atom. The summed E-state index contributed by atoms with van der Waals surface area (Å²) in [5, 5.41) is 0. The van der Waals surface area contributed by atoms with Gasteiger partial charge in [0.25, 0.3) is 0 Å². The zero-order chi connectivity index (χ0) is 12.5. The number of sulfone groups is 1. The molecule has 1 aromatic carbocycles. The molecule has 0 amide bonds. The normalized spacial score (nSPS) is 26.6. The molecule has 6 heteroatoms. The number of hydrogen-bond donors (Lipinski definition) is 0. The summed E-state index contributed by atoms with van der Waals surface area (Å²) in [6, 6.07) is 8.52. The quantitative estimate of drug-likeness (QED) is 0.611. The van der Waals surface area contributed by atoms with E-state index in [0.29, 0.717) is 5.56 Å². The molecule has 2 rings (SSSR count). The number of carbonyl (C=O) groups is 1. The van der Waals surface area contributed by atoms with Gasteiger partial charge >= 0.3 is 5.97 Å². The Hall–Kier alpha value is -0.880. The summed E-state index contributed by atoms with van der Waals surface area (Å²) in [6.45, 7) is 0. The molecule has 0 bridgehead atoms. The predicted molar refractivity (Wildman–Crippen MR) is 67.0 cm³/mol. The van der Waals surface area contributed by atoms with E-state index in [2.05, 4.69) is 15.9 Å². The van der Waals surface area contributed by atoms with E-state index in [1.807, 2.05) is 0 Å². The fraction of sp³-hybridized carbons (Fsp3) is 0.364. The molecule has 1 aliphatic heterocycles. The molecule has 1 aliphatic rings. The number of carbonyl (C=O) groups excluding carboxylic acids is 1. The van der Waals surface area contributed by atoms with Crippen LogP contribution in [0.3, 0.4) is 0 Å². The Balaban J connectivity index is 2.06. The fourth-order valence-electron chi connectivity index (χ4n) is 1.66. The molecule has 0 N–H and O–H groups in total. The van der Waals surface area contributed by atoms with Crippen molar-refractivity contribution in [2.24, 2.45) is 0 Å². The maximum atomic E-state index is 11.7. The van der Waals surface area contributed by atoms with Crippen LogP contribution in [0.15, 0.2) is 30.3 Å². The number of alkyl halides is 1. The predicted octanol–water partition coefficient (Wildman–Crippen LogP) is 1.40. The van der Waals surface area contributed by atoms with Crippen LogP contribution < -0.4 is 0 Å². The van der Waals surface area contributed by atoms with E-state index in [-0.39, 0.29) is 16.3 Å². The smallest absolute Gasteiger partial charge is 0.338 e. The second-order valence-electron chi connectivity index (χ2n) is 3.90. The Bertz CT molecular complexity index is 512. The molecule has 0 radical (unpaired) electrons. The lowest BCUT2D eigenvalue weighted by Crippen LogP contribution is -2.25. The van der Waals surface area contributed by atoms with Gasteiger partial charge in [-0.3, -0.25) is 0 Å². The number of rotatable bonds is 2. The van der Waals surface area contributed by atoms with E-state index in [4.69, 9.17) is 4.74 Å². The highest BCUT2D eigenvalue weighted by molar-refractivity contribution is 9.09. The zero-order valence-corrected chi connectivity index (χ0v) is 11.3. The van der Waals surface area contributed by atoms with Crippen LogP contribution in [0.5, 0.6) is 0 Å². The number of ether oxygens (including phenoxy) is 1. The van der Waals surface area contributed by atoms with Crippen LogP contribution in [0, 0.1) is 0 Å². The van der Waals surface area contributed by atoms with E-state index in [0.717, 1.165) is 0 Å². The van der Waals surface area contributed by atoms with Crippen LogP contribution >= 0.6 is 15.9 Å². The lowest BCUT2D eigenvalue weighted by atomic mass is 10.2. The van der Waals surface area contributed by atoms with Crippen LogP contribution in [0.1, 0.15) is 10.4 Å². The van der Waals surface area contributed by atoms with Gasteiger partial charge in [-0.1, -0.05) is 34.1 Å². The molecule has 2 atom stereocenters. The number of hydrogen-bond acceptors (Lipinski definition) is 4. The third kappa shape index (κ3) is 3.07. The van der Waals surface area contributed by atoms with Gasteiger partial charge in [0.1, 0.15) is 6.10 Å². The number of esters is 1. The molecule has 92 valence electrons. The van der Waals surface area contributed by atoms with Crippen molar-refractivity contribution in [1.82, 2.24) is 0 Å². The van der Waals surface area contributed by atoms with E-state index in [1.54, 1.807) is 30.3 Å². The van der Waals surface area contributed by atoms with Crippen molar-refractivity contribution in [1.29, 1.82) is 0 Å². The minimum atomic E-state index is -3.10. The van der Waals surface area contributed by atoms with Gasteiger partial charge in [0.15, 0.2) is 9.84 Å². The molecule has 4 nitrogen and oxygen atoms in total. The summed E-state index contributed by atoms with van der Waals surface area (Å²) < 4.78 is 27.9. The maximum Gasteiger partial charge on any atom is 0.338 e. The number of benzene rings is 1. The topological polar surface area (TPSA) is 60.4 Å². The van der Waals surface area contributed by atoms with Gasteiger partial charge in [0.05, 0.1) is 21.9 Å². The first-order valence-corrected chi connectivity index (χ1v) is 7.82. The van der Waals surface area contributed by atoms with Crippen molar-refractivity contribution in [3.63, 3.8) is 0 Å². The van der Waals surface area contributed by atoms with E-state index in [1.165, 1.54) is 0 Å². The lowest BCUT2D eigenvalue weighted by molar-refractivity contribution is 0.0369. The van der Waals surface area contributed by atoms with Crippen LogP contribution in [-0.2, 0) is 14.6 Å². The second kappa shape index (κ2) is 4.78. The van der Waals surface area contributed by atoms with Gasteiger partial charge < -0.3 is 4.74 Å². The Labute approximate surface area is 108 Å². The molecule has 1 fully saturated rings. The molecule has 0 aromatic heterocycles. The Kier molecular flexibility index (Phi) is 3.53. The summed E-state index contributed by atoms with van der Waals surface area (Å²) in [7, 11) is -3.10. The van der Waals surface area contributed by atoms with E-state index < -0.39 is 21.9 Å². The summed E-state index contributed by atoms with van der Waals surface area (Å²) >= 11 is 3.22. The summed E-state index contributed by atoms with van der Waals surface area (Å²) in [4.78, 5) is 11.4. The first kappa shape index (κ1) is 12.6. The van der Waals surface area contributed by atoms with Crippen LogP contribution in [0.25, 0.3) is 0 Å². The van der Waals surface area contributed by atoms with Crippen molar-refractivity contribution in [2.45, 2.75) is 10.9 Å².